The number of carbonyl (C=O) groups excluding carboxylic acids is 2. The smallest absolute Gasteiger partial charge is 0.491 e. The van der Waals surface area contributed by atoms with Crippen molar-refractivity contribution in [2.45, 2.75) is 210 Å². The topological polar surface area (TPSA) is 161 Å². The predicted molar refractivity (Wildman–Crippen MR) is 293 cm³/mol. The minimum Gasteiger partial charge on any atom is -0.491 e. The Balaban J connectivity index is -0.000000174. The molecule has 11 nitrogen and oxygen atoms in total. The van der Waals surface area contributed by atoms with Gasteiger partial charge < -0.3 is 42.6 Å². The van der Waals surface area contributed by atoms with E-state index in [1.165, 1.54) is 6.55 Å². The van der Waals surface area contributed by atoms with Crippen molar-refractivity contribution in [2.24, 2.45) is 17.8 Å². The molecule has 398 valence electrons. The lowest BCUT2D eigenvalue weighted by atomic mass is 9.97. The molecule has 3 aromatic rings. The van der Waals surface area contributed by atoms with E-state index in [0.717, 1.165) is 52.0 Å². The second-order valence-electron chi connectivity index (χ2n) is 18.6. The van der Waals surface area contributed by atoms with Crippen LogP contribution < -0.4 is 9.47 Å². The van der Waals surface area contributed by atoms with Crippen LogP contribution in [-0.2, 0) is 13.3 Å². The molecule has 0 atom stereocenters. The molecule has 6 rings (SSSR count). The zero-order valence-electron chi connectivity index (χ0n) is 46.8. The number of carbonyl (C=O) groups is 2. The summed E-state index contributed by atoms with van der Waals surface area (Å²) in [5.74, 6) is 4.08. The SMILES string of the molecule is C.CC.CC.CC(C)C.CC(C)C.CC(C)C.CC(C)[Si](C)(O)O.CC(C)[Si]12OC(O1)O2.Cc1cc(C(=O)c2ccccc2)c(C)cc1OC(C)C.Cc1cccc(OC(C)C)c1C=O.OCO. The summed E-state index contributed by atoms with van der Waals surface area (Å²) in [6, 6.07) is 18.8. The van der Waals surface area contributed by atoms with Crippen molar-refractivity contribution in [3.05, 3.63) is 94.0 Å². The maximum absolute atomic E-state index is 12.5. The second-order valence-corrected chi connectivity index (χ2v) is 25.0. The molecule has 0 unspecified atom stereocenters. The largest absolute Gasteiger partial charge is 0.514 e. The molecule has 0 radical (unpaired) electrons. The van der Waals surface area contributed by atoms with Gasteiger partial charge >= 0.3 is 17.4 Å². The Morgan fingerprint density at radius 3 is 1.28 bits per heavy atom. The molecule has 3 saturated heterocycles. The van der Waals surface area contributed by atoms with Gasteiger partial charge in [0.1, 0.15) is 18.3 Å². The first-order chi connectivity index (χ1) is 30.9. The minimum absolute atomic E-state index is 0. The monoisotopic (exact) mass is 997 g/mol. The fraction of sp³-hybridized carbons (Fsp3) is 0.636. The van der Waals surface area contributed by atoms with Gasteiger partial charge in [-0.15, -0.1) is 0 Å². The Kier molecular flexibility index (Phi) is 47.8. The molecule has 0 amide bonds. The average Bonchev–Trinajstić information content (AvgIpc) is 3.16. The molecule has 2 bridgehead atoms. The zero-order chi connectivity index (χ0) is 53.8. The van der Waals surface area contributed by atoms with Crippen LogP contribution in [0.4, 0.5) is 0 Å². The fourth-order valence-electron chi connectivity index (χ4n) is 4.16. The number of hydrogen-bond acceptors (Lipinski definition) is 11. The van der Waals surface area contributed by atoms with Gasteiger partial charge in [-0.05, 0) is 113 Å². The third-order valence-corrected chi connectivity index (χ3v) is 12.7. The number of ether oxygens (including phenoxy) is 2. The molecular formula is C55H104O11Si2. The predicted octanol–water partition coefficient (Wildman–Crippen LogP) is 14.7. The zero-order valence-corrected chi connectivity index (χ0v) is 48.8. The molecule has 0 aliphatic carbocycles. The van der Waals surface area contributed by atoms with Crippen LogP contribution in [0.15, 0.2) is 60.7 Å². The lowest BCUT2D eigenvalue weighted by molar-refractivity contribution is -0.395. The number of aliphatic hydroxyl groups excluding tert-OH is 1. The third-order valence-electron chi connectivity index (χ3n) is 7.51. The van der Waals surface area contributed by atoms with Gasteiger partial charge in [-0.3, -0.25) is 9.59 Å². The van der Waals surface area contributed by atoms with Crippen molar-refractivity contribution in [2.75, 3.05) is 6.79 Å². The Morgan fingerprint density at radius 2 is 1.00 bits per heavy atom. The van der Waals surface area contributed by atoms with E-state index in [-0.39, 0.29) is 37.4 Å². The number of aldehydes is 1. The average molecular weight is 998 g/mol. The highest BCUT2D eigenvalue weighted by Gasteiger charge is 2.70. The van der Waals surface area contributed by atoms with Gasteiger partial charge in [0.25, 0.3) is 6.48 Å². The van der Waals surface area contributed by atoms with E-state index < -0.39 is 24.2 Å². The summed E-state index contributed by atoms with van der Waals surface area (Å²) >= 11 is 0. The summed E-state index contributed by atoms with van der Waals surface area (Å²) < 4.78 is 26.8. The number of ketones is 1. The van der Waals surface area contributed by atoms with Crippen molar-refractivity contribution in [3.8, 4) is 11.5 Å². The minimum atomic E-state index is -2.73. The highest BCUT2D eigenvalue weighted by atomic mass is 28.4. The van der Waals surface area contributed by atoms with Crippen molar-refractivity contribution in [1.29, 1.82) is 0 Å². The maximum Gasteiger partial charge on any atom is 0.514 e. The number of rotatable bonds is 9. The van der Waals surface area contributed by atoms with Crippen LogP contribution in [0.25, 0.3) is 0 Å². The molecule has 13 heteroatoms. The highest BCUT2D eigenvalue weighted by Crippen LogP contribution is 2.47. The number of aryl methyl sites for hydroxylation is 3. The van der Waals surface area contributed by atoms with E-state index in [9.17, 15) is 9.59 Å². The van der Waals surface area contributed by atoms with Crippen molar-refractivity contribution in [1.82, 2.24) is 0 Å². The second kappa shape index (κ2) is 42.6. The summed E-state index contributed by atoms with van der Waals surface area (Å²) in [6.45, 7) is 49.4. The van der Waals surface area contributed by atoms with Gasteiger partial charge in [0.2, 0.25) is 0 Å². The summed E-state index contributed by atoms with van der Waals surface area (Å²) in [5, 5.41) is 14.2. The van der Waals surface area contributed by atoms with Crippen LogP contribution in [-0.4, -0.2) is 74.7 Å². The Labute approximate surface area is 420 Å². The molecule has 3 aliphatic heterocycles. The van der Waals surface area contributed by atoms with Gasteiger partial charge in [0, 0.05) is 16.7 Å². The van der Waals surface area contributed by atoms with Gasteiger partial charge in [0.15, 0.2) is 12.1 Å². The summed E-state index contributed by atoms with van der Waals surface area (Å²) in [4.78, 5) is 40.8. The molecular weight excluding hydrogens is 893 g/mol. The van der Waals surface area contributed by atoms with Gasteiger partial charge in [-0.1, -0.05) is 168 Å². The van der Waals surface area contributed by atoms with Crippen LogP contribution in [0.5, 0.6) is 11.5 Å². The molecule has 0 spiro atoms. The Morgan fingerprint density at radius 1 is 0.632 bits per heavy atom. The number of benzene rings is 3. The van der Waals surface area contributed by atoms with Crippen LogP contribution >= 0.6 is 0 Å². The first kappa shape index (κ1) is 76.2. The van der Waals surface area contributed by atoms with E-state index in [0.29, 0.717) is 22.4 Å². The maximum atomic E-state index is 12.5. The molecule has 68 heavy (non-hydrogen) atoms. The van der Waals surface area contributed by atoms with Crippen LogP contribution in [0.1, 0.15) is 196 Å². The first-order valence-corrected chi connectivity index (χ1v) is 28.5. The van der Waals surface area contributed by atoms with Gasteiger partial charge in [0.05, 0.1) is 17.8 Å². The van der Waals surface area contributed by atoms with Crippen molar-refractivity contribution < 1.29 is 52.1 Å². The van der Waals surface area contributed by atoms with Crippen LogP contribution in [0.3, 0.4) is 0 Å². The normalized spacial score (nSPS) is 14.4. The standard InChI is InChI=1S/C18H20O2.C11H14O2.C4H8O3Si.C4H12O2Si.3C4H10.2C2H6.CH4O2.CH4/c1-12(2)20-17-11-13(3)16(10-14(17)4)18(19)15-8-6-5-7-9-15;1-8(2)13-11-6-4-5-9(3)10(11)7-12;1-3(2)8-5-4(6-8)7-8;1-4(2)7(3,5)6;3*1-4(2)3;2*1-2;2-1-3;/h5-12H,1-4H3;4-8H,1-3H3;3-4H,1-2H3;4-6H,1-3H3;3*4H,1-3H3;2*1-2H3;2-3H,1H2;1H4. The van der Waals surface area contributed by atoms with E-state index >= 15 is 0 Å². The molecule has 3 heterocycles. The van der Waals surface area contributed by atoms with Gasteiger partial charge in [-0.25, -0.2) is 0 Å². The first-order valence-electron chi connectivity index (χ1n) is 24.2. The third kappa shape index (κ3) is 37.6. The van der Waals surface area contributed by atoms with Gasteiger partial charge in [-0.2, -0.15) is 0 Å². The molecule has 4 N–H and O–H groups in total. The molecule has 0 aromatic heterocycles. The quantitative estimate of drug-likeness (QED) is 0.0699. The molecule has 3 aliphatic rings. The molecule has 0 saturated carbocycles. The Bertz CT molecular complexity index is 1610. The van der Waals surface area contributed by atoms with E-state index in [1.54, 1.807) is 0 Å². The van der Waals surface area contributed by atoms with E-state index in [1.807, 2.05) is 151 Å². The molecule has 3 aromatic carbocycles. The summed E-state index contributed by atoms with van der Waals surface area (Å²) in [5.41, 5.74) is 5.48. The van der Waals surface area contributed by atoms with E-state index in [2.05, 4.69) is 76.2 Å². The summed E-state index contributed by atoms with van der Waals surface area (Å²) in [6.07, 6.45) is 1.07. The number of aliphatic hydroxyl groups is 2. The van der Waals surface area contributed by atoms with Crippen LogP contribution in [0.2, 0.25) is 17.6 Å². The van der Waals surface area contributed by atoms with Crippen LogP contribution in [0, 0.1) is 38.5 Å². The highest BCUT2D eigenvalue weighted by molar-refractivity contribution is 6.67. The molecule has 3 fully saturated rings. The lowest BCUT2D eigenvalue weighted by Crippen LogP contribution is -2.77. The lowest BCUT2D eigenvalue weighted by Gasteiger charge is -2.57. The number of hydrogen-bond donors (Lipinski definition) is 4. The summed E-state index contributed by atoms with van der Waals surface area (Å²) in [7, 11) is -4.67. The van der Waals surface area contributed by atoms with Crippen molar-refractivity contribution in [3.63, 3.8) is 0 Å². The Hall–Kier alpha value is -3.25. The van der Waals surface area contributed by atoms with E-state index in [4.69, 9.17) is 42.6 Å². The fourth-order valence-corrected chi connectivity index (χ4v) is 5.83. The van der Waals surface area contributed by atoms with Crippen molar-refractivity contribution >= 4 is 29.4 Å².